The van der Waals surface area contributed by atoms with Crippen LogP contribution in [0.3, 0.4) is 0 Å². The minimum Gasteiger partial charge on any atom is -0.293 e. The summed E-state index contributed by atoms with van der Waals surface area (Å²) in [5.41, 5.74) is 11.0. The first kappa shape index (κ1) is 17.7. The molecule has 0 fully saturated rings. The highest BCUT2D eigenvalue weighted by molar-refractivity contribution is 9.10. The topological polar surface area (TPSA) is 101 Å². The quantitative estimate of drug-likeness (QED) is 0.241. The number of rotatable bonds is 4. The molecule has 2 aromatic carbocycles. The molecule has 27 heavy (non-hydrogen) atoms. The van der Waals surface area contributed by atoms with Crippen molar-refractivity contribution in [3.8, 4) is 5.69 Å². The molecule has 0 saturated carbocycles. The van der Waals surface area contributed by atoms with Crippen molar-refractivity contribution in [3.63, 3.8) is 0 Å². The number of halogens is 2. The van der Waals surface area contributed by atoms with Crippen LogP contribution in [0.25, 0.3) is 26.3 Å². The van der Waals surface area contributed by atoms with E-state index >= 15 is 0 Å². The summed E-state index contributed by atoms with van der Waals surface area (Å²) in [6.45, 7) is 0.300. The van der Waals surface area contributed by atoms with Crippen LogP contribution in [-0.2, 0) is 6.54 Å². The zero-order valence-electron chi connectivity index (χ0n) is 13.5. The predicted octanol–water partition coefficient (Wildman–Crippen LogP) is 5.05. The second-order valence-corrected chi connectivity index (χ2v) is 7.86. The van der Waals surface area contributed by atoms with Crippen LogP contribution in [0.4, 0.5) is 5.69 Å². The molecule has 11 heteroatoms. The molecule has 0 saturated heterocycles. The zero-order valence-corrected chi connectivity index (χ0v) is 16.6. The highest BCUT2D eigenvalue weighted by Crippen LogP contribution is 2.26. The Morgan fingerprint density at radius 2 is 2.15 bits per heavy atom. The van der Waals surface area contributed by atoms with Crippen molar-refractivity contribution in [2.45, 2.75) is 6.54 Å². The smallest absolute Gasteiger partial charge is 0.293 e. The fourth-order valence-electron chi connectivity index (χ4n) is 2.64. The number of benzene rings is 2. The average Bonchev–Trinajstić information content (AvgIpc) is 3.20. The molecule has 0 atom stereocenters. The molecule has 4 rings (SSSR count). The van der Waals surface area contributed by atoms with E-state index in [0.29, 0.717) is 28.6 Å². The molecule has 0 aliphatic heterocycles. The van der Waals surface area contributed by atoms with Gasteiger partial charge in [0, 0.05) is 15.1 Å². The summed E-state index contributed by atoms with van der Waals surface area (Å²) >= 11 is 10.8. The van der Waals surface area contributed by atoms with Crippen LogP contribution < -0.4 is 4.87 Å². The van der Waals surface area contributed by atoms with Gasteiger partial charge < -0.3 is 0 Å². The highest BCUT2D eigenvalue weighted by atomic mass is 79.9. The van der Waals surface area contributed by atoms with Crippen molar-refractivity contribution in [3.05, 3.63) is 77.9 Å². The number of hydrogen-bond donors (Lipinski definition) is 0. The molecular formula is C16H9BrClN7OS. The summed E-state index contributed by atoms with van der Waals surface area (Å²) in [6, 6.07) is 10.6. The molecule has 0 N–H and O–H groups in total. The molecule has 0 bridgehead atoms. The third kappa shape index (κ3) is 3.47. The van der Waals surface area contributed by atoms with Crippen molar-refractivity contribution >= 4 is 54.8 Å². The number of thiazole rings is 1. The van der Waals surface area contributed by atoms with Gasteiger partial charge in [-0.1, -0.05) is 55.3 Å². The number of aromatic nitrogens is 4. The Morgan fingerprint density at radius 1 is 1.30 bits per heavy atom. The lowest BCUT2D eigenvalue weighted by Crippen LogP contribution is -2.13. The SMILES string of the molecule is [N-]=[N+]=Nc1ccc(-n2cc(Cn3c(=O)sc4cc(Br)ccc43)nn2)c(Cl)c1. The molecule has 0 spiro atoms. The van der Waals surface area contributed by atoms with Crippen molar-refractivity contribution in [2.75, 3.05) is 0 Å². The van der Waals surface area contributed by atoms with E-state index in [1.165, 1.54) is 16.0 Å². The summed E-state index contributed by atoms with van der Waals surface area (Å²) in [4.78, 5) is 15.0. The van der Waals surface area contributed by atoms with Crippen LogP contribution in [0, 0.1) is 0 Å². The fraction of sp³-hybridized carbons (Fsp3) is 0.0625. The molecule has 2 heterocycles. The standard InChI is InChI=1S/C16H9BrClN7OS/c17-9-1-3-14-15(5-9)27-16(26)24(14)7-11-8-25(23-21-11)13-4-2-10(20-22-19)6-12(13)18/h1-6,8H,7H2. The molecule has 0 amide bonds. The third-order valence-corrected chi connectivity index (χ3v) is 5.57. The van der Waals surface area contributed by atoms with Crippen molar-refractivity contribution in [2.24, 2.45) is 5.11 Å². The van der Waals surface area contributed by atoms with Gasteiger partial charge in [0.1, 0.15) is 5.69 Å². The zero-order chi connectivity index (χ0) is 19.0. The molecule has 8 nitrogen and oxygen atoms in total. The van der Waals surface area contributed by atoms with Gasteiger partial charge in [0.25, 0.3) is 0 Å². The van der Waals surface area contributed by atoms with Gasteiger partial charge in [-0.2, -0.15) is 0 Å². The van der Waals surface area contributed by atoms with E-state index in [4.69, 9.17) is 17.1 Å². The molecule has 4 aromatic rings. The van der Waals surface area contributed by atoms with Crippen molar-refractivity contribution in [1.82, 2.24) is 19.6 Å². The highest BCUT2D eigenvalue weighted by Gasteiger charge is 2.12. The number of hydrogen-bond acceptors (Lipinski definition) is 5. The monoisotopic (exact) mass is 461 g/mol. The minimum absolute atomic E-state index is 0.0607. The second-order valence-electron chi connectivity index (χ2n) is 5.55. The van der Waals surface area contributed by atoms with E-state index < -0.39 is 0 Å². The Labute approximate surface area is 169 Å². The third-order valence-electron chi connectivity index (χ3n) is 3.83. The maximum Gasteiger partial charge on any atom is 0.308 e. The van der Waals surface area contributed by atoms with Gasteiger partial charge in [0.2, 0.25) is 0 Å². The Morgan fingerprint density at radius 3 is 2.93 bits per heavy atom. The van der Waals surface area contributed by atoms with Crippen LogP contribution in [-0.4, -0.2) is 19.6 Å². The summed E-state index contributed by atoms with van der Waals surface area (Å²) in [5.74, 6) is 0. The number of nitrogens with zero attached hydrogens (tertiary/aromatic N) is 7. The lowest BCUT2D eigenvalue weighted by atomic mass is 10.3. The van der Waals surface area contributed by atoms with Gasteiger partial charge in [-0.05, 0) is 35.9 Å². The molecule has 2 aromatic heterocycles. The summed E-state index contributed by atoms with van der Waals surface area (Å²) in [6.07, 6.45) is 1.71. The van der Waals surface area contributed by atoms with E-state index in [0.717, 1.165) is 14.7 Å². The largest absolute Gasteiger partial charge is 0.308 e. The van der Waals surface area contributed by atoms with Gasteiger partial charge >= 0.3 is 4.87 Å². The van der Waals surface area contributed by atoms with Gasteiger partial charge in [-0.3, -0.25) is 9.36 Å². The van der Waals surface area contributed by atoms with Crippen molar-refractivity contribution in [1.29, 1.82) is 0 Å². The summed E-state index contributed by atoms with van der Waals surface area (Å²) in [5, 5.41) is 12.1. The van der Waals surface area contributed by atoms with Gasteiger partial charge in [0.15, 0.2) is 0 Å². The molecule has 0 aliphatic rings. The Hall–Kier alpha value is -2.65. The molecular weight excluding hydrogens is 454 g/mol. The first-order valence-electron chi connectivity index (χ1n) is 7.60. The normalized spacial score (nSPS) is 10.9. The summed E-state index contributed by atoms with van der Waals surface area (Å²) in [7, 11) is 0. The van der Waals surface area contributed by atoms with Gasteiger partial charge in [-0.25, -0.2) is 4.68 Å². The number of fused-ring (bicyclic) bond motifs is 1. The first-order chi connectivity index (χ1) is 13.0. The molecule has 0 radical (unpaired) electrons. The molecule has 0 aliphatic carbocycles. The lowest BCUT2D eigenvalue weighted by Gasteiger charge is -2.03. The average molecular weight is 463 g/mol. The van der Waals surface area contributed by atoms with Crippen molar-refractivity contribution < 1.29 is 0 Å². The minimum atomic E-state index is -0.0607. The van der Waals surface area contributed by atoms with E-state index in [9.17, 15) is 4.79 Å². The van der Waals surface area contributed by atoms with Gasteiger partial charge in [0.05, 0.1) is 33.7 Å². The van der Waals surface area contributed by atoms with E-state index in [2.05, 4.69) is 36.3 Å². The van der Waals surface area contributed by atoms with E-state index in [1.807, 2.05) is 18.2 Å². The summed E-state index contributed by atoms with van der Waals surface area (Å²) < 4.78 is 5.01. The van der Waals surface area contributed by atoms with Crippen LogP contribution in [0.5, 0.6) is 0 Å². The lowest BCUT2D eigenvalue weighted by molar-refractivity contribution is 0.766. The Kier molecular flexibility index (Phi) is 4.71. The van der Waals surface area contributed by atoms with E-state index in [-0.39, 0.29) is 4.87 Å². The van der Waals surface area contributed by atoms with Crippen LogP contribution in [0.1, 0.15) is 5.69 Å². The second kappa shape index (κ2) is 7.16. The Bertz CT molecular complexity index is 1270. The maximum absolute atomic E-state index is 12.3. The fourth-order valence-corrected chi connectivity index (χ4v) is 4.34. The number of azide groups is 1. The molecule has 134 valence electrons. The maximum atomic E-state index is 12.3. The van der Waals surface area contributed by atoms with Crippen LogP contribution in [0.2, 0.25) is 5.02 Å². The first-order valence-corrected chi connectivity index (χ1v) is 9.59. The predicted molar refractivity (Wildman–Crippen MR) is 108 cm³/mol. The van der Waals surface area contributed by atoms with Crippen LogP contribution >= 0.6 is 38.9 Å². The van der Waals surface area contributed by atoms with E-state index in [1.54, 1.807) is 29.0 Å². The molecule has 0 unspecified atom stereocenters. The van der Waals surface area contributed by atoms with Gasteiger partial charge in [-0.15, -0.1) is 5.10 Å². The van der Waals surface area contributed by atoms with Crippen LogP contribution in [0.15, 0.2) is 57.0 Å². The Balaban J connectivity index is 1.67.